The third kappa shape index (κ3) is 3.66. The second-order valence-corrected chi connectivity index (χ2v) is 6.92. The van der Waals surface area contributed by atoms with Gasteiger partial charge < -0.3 is 10.1 Å². The first-order valence-electron chi connectivity index (χ1n) is 7.68. The SMILES string of the molecule is CC1(N(C(=O)Nc2ccc(Cl)cc2)c2ccc(Cl)cc2)CCOC1. The number of nitrogens with zero attached hydrogens (tertiary/aromatic N) is 1. The Hall–Kier alpha value is -1.75. The molecule has 24 heavy (non-hydrogen) atoms. The van der Waals surface area contributed by atoms with Crippen molar-refractivity contribution in [1.29, 1.82) is 0 Å². The third-order valence-corrected chi connectivity index (χ3v) is 4.63. The number of hydrogen-bond donors (Lipinski definition) is 1. The van der Waals surface area contributed by atoms with Gasteiger partial charge in [0, 0.05) is 28.0 Å². The maximum absolute atomic E-state index is 13.0. The number of ether oxygens (including phenoxy) is 1. The van der Waals surface area contributed by atoms with Gasteiger partial charge in [-0.1, -0.05) is 23.2 Å². The van der Waals surface area contributed by atoms with Gasteiger partial charge in [0.2, 0.25) is 0 Å². The van der Waals surface area contributed by atoms with E-state index >= 15 is 0 Å². The van der Waals surface area contributed by atoms with E-state index in [9.17, 15) is 4.79 Å². The summed E-state index contributed by atoms with van der Waals surface area (Å²) in [6.07, 6.45) is 0.768. The minimum absolute atomic E-state index is 0.215. The molecule has 1 unspecified atom stereocenters. The van der Waals surface area contributed by atoms with Crippen LogP contribution in [-0.4, -0.2) is 24.8 Å². The Bertz CT molecular complexity index is 711. The Morgan fingerprint density at radius 1 is 1.08 bits per heavy atom. The molecule has 0 bridgehead atoms. The highest BCUT2D eigenvalue weighted by Crippen LogP contribution is 2.32. The molecule has 1 heterocycles. The Balaban J connectivity index is 1.90. The summed E-state index contributed by atoms with van der Waals surface area (Å²) in [7, 11) is 0. The van der Waals surface area contributed by atoms with Crippen LogP contribution in [0.1, 0.15) is 13.3 Å². The number of carbonyl (C=O) groups excluding carboxylic acids is 1. The standard InChI is InChI=1S/C18H18Cl2N2O2/c1-18(10-11-24-12-18)22(16-8-4-14(20)5-9-16)17(23)21-15-6-2-13(19)3-7-15/h2-9H,10-12H2,1H3,(H,21,23). The summed E-state index contributed by atoms with van der Waals surface area (Å²) in [6, 6.07) is 14.0. The molecule has 2 aromatic carbocycles. The van der Waals surface area contributed by atoms with Crippen molar-refractivity contribution < 1.29 is 9.53 Å². The molecule has 0 radical (unpaired) electrons. The fourth-order valence-corrected chi connectivity index (χ4v) is 3.06. The van der Waals surface area contributed by atoms with Crippen LogP contribution in [0, 0.1) is 0 Å². The average Bonchev–Trinajstić information content (AvgIpc) is 2.99. The first-order valence-corrected chi connectivity index (χ1v) is 8.44. The third-order valence-electron chi connectivity index (χ3n) is 4.12. The van der Waals surface area contributed by atoms with Gasteiger partial charge in [-0.3, -0.25) is 4.90 Å². The minimum atomic E-state index is -0.412. The van der Waals surface area contributed by atoms with Crippen LogP contribution in [0.5, 0.6) is 0 Å². The van der Waals surface area contributed by atoms with Crippen LogP contribution in [0.2, 0.25) is 10.0 Å². The van der Waals surface area contributed by atoms with Gasteiger partial charge >= 0.3 is 6.03 Å². The maximum Gasteiger partial charge on any atom is 0.326 e. The van der Waals surface area contributed by atoms with Gasteiger partial charge in [0.05, 0.1) is 12.1 Å². The highest BCUT2D eigenvalue weighted by Gasteiger charge is 2.40. The maximum atomic E-state index is 13.0. The molecule has 3 rings (SSSR count). The van der Waals surface area contributed by atoms with Gasteiger partial charge in [-0.05, 0) is 61.9 Å². The zero-order valence-electron chi connectivity index (χ0n) is 13.3. The number of urea groups is 1. The van der Waals surface area contributed by atoms with Crippen LogP contribution in [0.15, 0.2) is 48.5 Å². The van der Waals surface area contributed by atoms with Gasteiger partial charge in [-0.25, -0.2) is 4.79 Å². The number of anilines is 2. The smallest absolute Gasteiger partial charge is 0.326 e. The molecule has 0 aromatic heterocycles. The molecule has 1 saturated heterocycles. The number of hydrogen-bond acceptors (Lipinski definition) is 2. The number of carbonyl (C=O) groups is 1. The normalized spacial score (nSPS) is 20.0. The molecule has 0 spiro atoms. The molecule has 2 aromatic rings. The predicted molar refractivity (Wildman–Crippen MR) is 98.2 cm³/mol. The van der Waals surface area contributed by atoms with Crippen LogP contribution in [-0.2, 0) is 4.74 Å². The highest BCUT2D eigenvalue weighted by atomic mass is 35.5. The molecule has 2 amide bonds. The van der Waals surface area contributed by atoms with E-state index in [0.717, 1.165) is 12.1 Å². The lowest BCUT2D eigenvalue weighted by Gasteiger charge is -2.37. The first-order chi connectivity index (χ1) is 11.5. The summed E-state index contributed by atoms with van der Waals surface area (Å²) in [5.74, 6) is 0. The topological polar surface area (TPSA) is 41.6 Å². The molecule has 126 valence electrons. The quantitative estimate of drug-likeness (QED) is 0.811. The van der Waals surface area contributed by atoms with E-state index in [4.69, 9.17) is 27.9 Å². The number of nitrogens with one attached hydrogen (secondary N) is 1. The molecule has 1 atom stereocenters. The summed E-state index contributed by atoms with van der Waals surface area (Å²) in [6.45, 7) is 3.15. The Morgan fingerprint density at radius 3 is 2.21 bits per heavy atom. The zero-order valence-corrected chi connectivity index (χ0v) is 14.8. The van der Waals surface area contributed by atoms with E-state index in [1.54, 1.807) is 41.3 Å². The van der Waals surface area contributed by atoms with Gasteiger partial charge in [-0.15, -0.1) is 0 Å². The van der Waals surface area contributed by atoms with Crippen molar-refractivity contribution in [3.05, 3.63) is 58.6 Å². The fraction of sp³-hybridized carbons (Fsp3) is 0.278. The van der Waals surface area contributed by atoms with E-state index < -0.39 is 5.54 Å². The number of benzene rings is 2. The van der Waals surface area contributed by atoms with Crippen molar-refractivity contribution in [2.75, 3.05) is 23.4 Å². The number of halogens is 2. The minimum Gasteiger partial charge on any atom is -0.379 e. The van der Waals surface area contributed by atoms with Crippen LogP contribution in [0.25, 0.3) is 0 Å². The second-order valence-electron chi connectivity index (χ2n) is 6.05. The van der Waals surface area contributed by atoms with E-state index in [1.165, 1.54) is 0 Å². The van der Waals surface area contributed by atoms with E-state index in [-0.39, 0.29) is 6.03 Å². The van der Waals surface area contributed by atoms with Crippen LogP contribution >= 0.6 is 23.2 Å². The molecule has 1 aliphatic heterocycles. The van der Waals surface area contributed by atoms with Crippen LogP contribution in [0.3, 0.4) is 0 Å². The zero-order chi connectivity index (χ0) is 17.2. The van der Waals surface area contributed by atoms with Gasteiger partial charge in [-0.2, -0.15) is 0 Å². The molecular formula is C18H18Cl2N2O2. The van der Waals surface area contributed by atoms with Crippen molar-refractivity contribution in [2.24, 2.45) is 0 Å². The molecule has 0 saturated carbocycles. The molecular weight excluding hydrogens is 347 g/mol. The van der Waals surface area contributed by atoms with Gasteiger partial charge in [0.25, 0.3) is 0 Å². The van der Waals surface area contributed by atoms with Crippen LogP contribution in [0.4, 0.5) is 16.2 Å². The fourth-order valence-electron chi connectivity index (χ4n) is 2.81. The Kier molecular flexibility index (Phi) is 4.99. The van der Waals surface area contributed by atoms with Crippen molar-refractivity contribution >= 4 is 40.6 Å². The molecule has 1 aliphatic rings. The van der Waals surface area contributed by atoms with E-state index in [0.29, 0.717) is 28.9 Å². The predicted octanol–water partition coefficient (Wildman–Crippen LogP) is 5.21. The van der Waals surface area contributed by atoms with Gasteiger partial charge in [0.1, 0.15) is 0 Å². The molecule has 0 aliphatic carbocycles. The lowest BCUT2D eigenvalue weighted by molar-refractivity contribution is 0.179. The summed E-state index contributed by atoms with van der Waals surface area (Å²) >= 11 is 11.9. The van der Waals surface area contributed by atoms with Crippen molar-refractivity contribution in [3.8, 4) is 0 Å². The lowest BCUT2D eigenvalue weighted by Crippen LogP contribution is -2.52. The summed E-state index contributed by atoms with van der Waals surface area (Å²) in [4.78, 5) is 14.7. The van der Waals surface area contributed by atoms with E-state index in [2.05, 4.69) is 5.32 Å². The van der Waals surface area contributed by atoms with Crippen LogP contribution < -0.4 is 10.2 Å². The van der Waals surface area contributed by atoms with Crippen molar-refractivity contribution in [1.82, 2.24) is 0 Å². The Labute approximate surface area is 151 Å². The number of rotatable bonds is 3. The number of amides is 2. The molecule has 4 nitrogen and oxygen atoms in total. The summed E-state index contributed by atoms with van der Waals surface area (Å²) in [5.41, 5.74) is 1.05. The van der Waals surface area contributed by atoms with Crippen molar-refractivity contribution in [2.45, 2.75) is 18.9 Å². The van der Waals surface area contributed by atoms with Crippen molar-refractivity contribution in [3.63, 3.8) is 0 Å². The first kappa shape index (κ1) is 17.1. The summed E-state index contributed by atoms with van der Waals surface area (Å²) < 4.78 is 5.54. The molecule has 6 heteroatoms. The monoisotopic (exact) mass is 364 g/mol. The largest absolute Gasteiger partial charge is 0.379 e. The van der Waals surface area contributed by atoms with Gasteiger partial charge in [0.15, 0.2) is 0 Å². The highest BCUT2D eigenvalue weighted by molar-refractivity contribution is 6.31. The Morgan fingerprint density at radius 2 is 1.67 bits per heavy atom. The molecule has 1 N–H and O–H groups in total. The van der Waals surface area contributed by atoms with E-state index in [1.807, 2.05) is 19.1 Å². The average molecular weight is 365 g/mol. The molecule has 1 fully saturated rings. The second kappa shape index (κ2) is 7.01. The lowest BCUT2D eigenvalue weighted by atomic mass is 9.98. The summed E-state index contributed by atoms with van der Waals surface area (Å²) in [5, 5.41) is 4.18.